The second-order valence-corrected chi connectivity index (χ2v) is 4.45. The van der Waals surface area contributed by atoms with Gasteiger partial charge in [0.1, 0.15) is 6.10 Å². The number of H-pyrrole nitrogens is 1. The van der Waals surface area contributed by atoms with Crippen molar-refractivity contribution in [3.63, 3.8) is 0 Å². The second-order valence-electron chi connectivity index (χ2n) is 4.45. The number of carbonyl (C=O) groups is 1. The lowest BCUT2D eigenvalue weighted by Gasteiger charge is -2.14. The number of fused-ring (bicyclic) bond motifs is 1. The number of aromatic nitrogens is 2. The molecule has 6 nitrogen and oxygen atoms in total. The molecule has 1 saturated heterocycles. The Morgan fingerprint density at radius 1 is 1.53 bits per heavy atom. The number of hydrogen-bond acceptors (Lipinski definition) is 4. The molecule has 2 aliphatic heterocycles. The molecule has 1 atom stereocenters. The van der Waals surface area contributed by atoms with Crippen LogP contribution >= 0.6 is 0 Å². The summed E-state index contributed by atoms with van der Waals surface area (Å²) >= 11 is 0. The summed E-state index contributed by atoms with van der Waals surface area (Å²) in [7, 11) is 0. The molecule has 17 heavy (non-hydrogen) atoms. The number of rotatable bonds is 2. The molecule has 6 heteroatoms. The van der Waals surface area contributed by atoms with Gasteiger partial charge in [-0.25, -0.2) is 0 Å². The first-order valence-electron chi connectivity index (χ1n) is 6.04. The fraction of sp³-hybridized carbons (Fsp3) is 0.636. The highest BCUT2D eigenvalue weighted by molar-refractivity contribution is 5.94. The molecule has 0 aromatic carbocycles. The van der Waals surface area contributed by atoms with Gasteiger partial charge < -0.3 is 15.4 Å². The summed E-state index contributed by atoms with van der Waals surface area (Å²) in [5.74, 6) is 0.595. The SMILES string of the molecule is O=C(Nc1n[nH]c2c1CCNC2)C1CCCO1. The van der Waals surface area contributed by atoms with Crippen molar-refractivity contribution in [3.8, 4) is 0 Å². The van der Waals surface area contributed by atoms with Crippen molar-refractivity contribution in [1.29, 1.82) is 0 Å². The van der Waals surface area contributed by atoms with E-state index in [1.54, 1.807) is 0 Å². The molecular formula is C11H16N4O2. The van der Waals surface area contributed by atoms with E-state index in [1.165, 1.54) is 0 Å². The van der Waals surface area contributed by atoms with Crippen LogP contribution in [0.1, 0.15) is 24.1 Å². The topological polar surface area (TPSA) is 79.0 Å². The average Bonchev–Trinajstić information content (AvgIpc) is 2.98. The molecule has 0 bridgehead atoms. The van der Waals surface area contributed by atoms with Gasteiger partial charge in [0.25, 0.3) is 5.91 Å². The number of nitrogens with zero attached hydrogens (tertiary/aromatic N) is 1. The number of carbonyl (C=O) groups excluding carboxylic acids is 1. The lowest BCUT2D eigenvalue weighted by atomic mass is 10.1. The van der Waals surface area contributed by atoms with Gasteiger partial charge in [-0.1, -0.05) is 0 Å². The Balaban J connectivity index is 1.72. The van der Waals surface area contributed by atoms with Gasteiger partial charge in [-0.3, -0.25) is 9.89 Å². The molecule has 0 radical (unpaired) electrons. The Hall–Kier alpha value is -1.40. The minimum Gasteiger partial charge on any atom is -0.368 e. The number of anilines is 1. The highest BCUT2D eigenvalue weighted by Gasteiger charge is 2.26. The molecular weight excluding hydrogens is 220 g/mol. The zero-order valence-corrected chi connectivity index (χ0v) is 9.58. The molecule has 92 valence electrons. The molecule has 1 aromatic heterocycles. The Kier molecular flexibility index (Phi) is 2.82. The minimum absolute atomic E-state index is 0.0738. The number of ether oxygens (including phenoxy) is 1. The largest absolute Gasteiger partial charge is 0.368 e. The van der Waals surface area contributed by atoms with Gasteiger partial charge in [-0.2, -0.15) is 5.10 Å². The third kappa shape index (κ3) is 2.05. The smallest absolute Gasteiger partial charge is 0.254 e. The van der Waals surface area contributed by atoms with Gasteiger partial charge in [0.05, 0.1) is 5.69 Å². The number of amides is 1. The minimum atomic E-state index is -0.302. The van der Waals surface area contributed by atoms with Gasteiger partial charge in [-0.15, -0.1) is 0 Å². The van der Waals surface area contributed by atoms with Gasteiger partial charge in [-0.05, 0) is 25.8 Å². The van der Waals surface area contributed by atoms with Crippen molar-refractivity contribution in [2.75, 3.05) is 18.5 Å². The Bertz CT molecular complexity index is 423. The number of aromatic amines is 1. The van der Waals surface area contributed by atoms with Crippen molar-refractivity contribution in [2.45, 2.75) is 31.9 Å². The maximum Gasteiger partial charge on any atom is 0.254 e. The first-order chi connectivity index (χ1) is 8.34. The first kappa shape index (κ1) is 10.7. The lowest BCUT2D eigenvalue weighted by molar-refractivity contribution is -0.124. The predicted molar refractivity (Wildman–Crippen MR) is 61.6 cm³/mol. The summed E-state index contributed by atoms with van der Waals surface area (Å²) in [4.78, 5) is 11.9. The molecule has 0 spiro atoms. The van der Waals surface area contributed by atoms with Gasteiger partial charge in [0, 0.05) is 18.7 Å². The molecule has 1 aromatic rings. The van der Waals surface area contributed by atoms with Crippen LogP contribution in [0.25, 0.3) is 0 Å². The molecule has 0 aliphatic carbocycles. The summed E-state index contributed by atoms with van der Waals surface area (Å²) in [5.41, 5.74) is 2.19. The van der Waals surface area contributed by atoms with Crippen molar-refractivity contribution >= 4 is 11.7 Å². The lowest BCUT2D eigenvalue weighted by Crippen LogP contribution is -2.28. The monoisotopic (exact) mass is 236 g/mol. The number of hydrogen-bond donors (Lipinski definition) is 3. The molecule has 3 N–H and O–H groups in total. The second kappa shape index (κ2) is 4.46. The van der Waals surface area contributed by atoms with Crippen molar-refractivity contribution in [2.24, 2.45) is 0 Å². The van der Waals surface area contributed by atoms with Crippen molar-refractivity contribution in [3.05, 3.63) is 11.3 Å². The third-order valence-electron chi connectivity index (χ3n) is 3.27. The standard InChI is InChI=1S/C11H16N4O2/c16-11(9-2-1-5-17-9)13-10-7-3-4-12-6-8(7)14-15-10/h9,12H,1-6H2,(H2,13,14,15,16). The first-order valence-corrected chi connectivity index (χ1v) is 6.04. The third-order valence-corrected chi connectivity index (χ3v) is 3.27. The maximum atomic E-state index is 11.9. The fourth-order valence-electron chi connectivity index (χ4n) is 2.33. The quantitative estimate of drug-likeness (QED) is 0.684. The molecule has 1 unspecified atom stereocenters. The van der Waals surface area contributed by atoms with Crippen LogP contribution in [0.2, 0.25) is 0 Å². The van der Waals surface area contributed by atoms with Crippen LogP contribution in [0.15, 0.2) is 0 Å². The Labute approximate surface area is 99.1 Å². The van der Waals surface area contributed by atoms with E-state index in [-0.39, 0.29) is 12.0 Å². The summed E-state index contributed by atoms with van der Waals surface area (Å²) in [5, 5.41) is 13.2. The average molecular weight is 236 g/mol. The molecule has 1 fully saturated rings. The van der Waals surface area contributed by atoms with E-state index in [1.807, 2.05) is 0 Å². The van der Waals surface area contributed by atoms with Crippen molar-refractivity contribution in [1.82, 2.24) is 15.5 Å². The molecule has 3 rings (SSSR count). The summed E-state index contributed by atoms with van der Waals surface area (Å²) in [6.45, 7) is 2.40. The van der Waals surface area contributed by atoms with Crippen LogP contribution < -0.4 is 10.6 Å². The summed E-state index contributed by atoms with van der Waals surface area (Å²) in [6.07, 6.45) is 2.36. The van der Waals surface area contributed by atoms with Crippen LogP contribution in [0.3, 0.4) is 0 Å². The summed E-state index contributed by atoms with van der Waals surface area (Å²) < 4.78 is 5.35. The van der Waals surface area contributed by atoms with E-state index in [0.717, 1.165) is 43.6 Å². The molecule has 0 saturated carbocycles. The van der Waals surface area contributed by atoms with Gasteiger partial charge in [0.15, 0.2) is 5.82 Å². The predicted octanol–water partition coefficient (Wildman–Crippen LogP) is 0.173. The van der Waals surface area contributed by atoms with E-state index in [0.29, 0.717) is 12.4 Å². The van der Waals surface area contributed by atoms with Crippen LogP contribution in [0, 0.1) is 0 Å². The summed E-state index contributed by atoms with van der Waals surface area (Å²) in [6, 6.07) is 0. The van der Waals surface area contributed by atoms with E-state index in [2.05, 4.69) is 20.8 Å². The Morgan fingerprint density at radius 3 is 3.29 bits per heavy atom. The number of nitrogens with one attached hydrogen (secondary N) is 3. The van der Waals surface area contributed by atoms with Gasteiger partial charge in [0.2, 0.25) is 0 Å². The van der Waals surface area contributed by atoms with E-state index in [9.17, 15) is 4.79 Å². The van der Waals surface area contributed by atoms with Crippen LogP contribution in [0.5, 0.6) is 0 Å². The van der Waals surface area contributed by atoms with Crippen LogP contribution in [0.4, 0.5) is 5.82 Å². The fourth-order valence-corrected chi connectivity index (χ4v) is 2.33. The zero-order chi connectivity index (χ0) is 11.7. The highest BCUT2D eigenvalue weighted by Crippen LogP contribution is 2.21. The van der Waals surface area contributed by atoms with Gasteiger partial charge >= 0.3 is 0 Å². The maximum absolute atomic E-state index is 11.9. The van der Waals surface area contributed by atoms with Crippen LogP contribution in [-0.2, 0) is 22.5 Å². The Morgan fingerprint density at radius 2 is 2.47 bits per heavy atom. The normalized spacial score (nSPS) is 23.4. The van der Waals surface area contributed by atoms with Crippen molar-refractivity contribution < 1.29 is 9.53 Å². The molecule has 3 heterocycles. The van der Waals surface area contributed by atoms with E-state index in [4.69, 9.17) is 4.74 Å². The zero-order valence-electron chi connectivity index (χ0n) is 9.58. The van der Waals surface area contributed by atoms with E-state index < -0.39 is 0 Å². The molecule has 2 aliphatic rings. The van der Waals surface area contributed by atoms with E-state index >= 15 is 0 Å². The highest BCUT2D eigenvalue weighted by atomic mass is 16.5. The van der Waals surface area contributed by atoms with Crippen LogP contribution in [-0.4, -0.2) is 35.4 Å². The molecule has 1 amide bonds.